The highest BCUT2D eigenvalue weighted by Gasteiger charge is 2.29. The standard InChI is InChI=1S/C16H21N5O2/c1-8-5-9(2)19-13(18-8)7-17-16(22)15-12-6-10(3)23-11(4)14(12)20-21-15/h5,10-11H,6-7H2,1-4H3,(H,17,22)(H,20,21)/t10-,11+/m1/s1. The third-order valence-corrected chi connectivity index (χ3v) is 3.88. The fourth-order valence-corrected chi connectivity index (χ4v) is 2.98. The lowest BCUT2D eigenvalue weighted by atomic mass is 9.99. The number of hydrogen-bond acceptors (Lipinski definition) is 5. The van der Waals surface area contributed by atoms with Crippen molar-refractivity contribution in [3.63, 3.8) is 0 Å². The van der Waals surface area contributed by atoms with Crippen molar-refractivity contribution < 1.29 is 9.53 Å². The molecule has 2 aromatic heterocycles. The van der Waals surface area contributed by atoms with E-state index in [-0.39, 0.29) is 24.7 Å². The van der Waals surface area contributed by atoms with Gasteiger partial charge in [-0.25, -0.2) is 9.97 Å². The lowest BCUT2D eigenvalue weighted by molar-refractivity contribution is -0.00697. The zero-order chi connectivity index (χ0) is 16.6. The molecular formula is C16H21N5O2. The number of H-pyrrole nitrogens is 1. The lowest BCUT2D eigenvalue weighted by Gasteiger charge is -2.25. The smallest absolute Gasteiger partial charge is 0.272 e. The summed E-state index contributed by atoms with van der Waals surface area (Å²) in [6, 6.07) is 1.90. The number of carbonyl (C=O) groups excluding carboxylic acids is 1. The first-order chi connectivity index (χ1) is 10.9. The van der Waals surface area contributed by atoms with E-state index in [2.05, 4.69) is 25.5 Å². The summed E-state index contributed by atoms with van der Waals surface area (Å²) in [6.45, 7) is 8.06. The summed E-state index contributed by atoms with van der Waals surface area (Å²) in [5.41, 5.74) is 4.04. The van der Waals surface area contributed by atoms with Crippen LogP contribution in [-0.2, 0) is 17.7 Å². The lowest BCUT2D eigenvalue weighted by Crippen LogP contribution is -2.28. The van der Waals surface area contributed by atoms with Crippen LogP contribution in [0.2, 0.25) is 0 Å². The van der Waals surface area contributed by atoms with Gasteiger partial charge >= 0.3 is 0 Å². The number of amides is 1. The number of aryl methyl sites for hydroxylation is 2. The van der Waals surface area contributed by atoms with Crippen molar-refractivity contribution >= 4 is 5.91 Å². The third kappa shape index (κ3) is 3.24. The van der Waals surface area contributed by atoms with Crippen molar-refractivity contribution in [3.8, 4) is 0 Å². The normalized spacial score (nSPS) is 20.2. The van der Waals surface area contributed by atoms with E-state index in [9.17, 15) is 4.79 Å². The molecular weight excluding hydrogens is 294 g/mol. The van der Waals surface area contributed by atoms with Gasteiger partial charge in [0.1, 0.15) is 5.82 Å². The maximum absolute atomic E-state index is 12.4. The van der Waals surface area contributed by atoms with Gasteiger partial charge in [0.25, 0.3) is 5.91 Å². The van der Waals surface area contributed by atoms with Gasteiger partial charge in [0.2, 0.25) is 0 Å². The highest BCUT2D eigenvalue weighted by atomic mass is 16.5. The van der Waals surface area contributed by atoms with Gasteiger partial charge in [-0.2, -0.15) is 5.10 Å². The Kier molecular flexibility index (Phi) is 4.12. The van der Waals surface area contributed by atoms with Gasteiger partial charge in [-0.05, 0) is 33.8 Å². The molecule has 0 saturated heterocycles. The molecule has 0 fully saturated rings. The summed E-state index contributed by atoms with van der Waals surface area (Å²) in [5.74, 6) is 0.386. The zero-order valence-electron chi connectivity index (χ0n) is 13.8. The van der Waals surface area contributed by atoms with Crippen LogP contribution in [-0.4, -0.2) is 32.2 Å². The van der Waals surface area contributed by atoms with Crippen molar-refractivity contribution in [1.29, 1.82) is 0 Å². The molecule has 1 aliphatic heterocycles. The Labute approximate surface area is 134 Å². The number of fused-ring (bicyclic) bond motifs is 1. The molecule has 2 atom stereocenters. The summed E-state index contributed by atoms with van der Waals surface area (Å²) in [7, 11) is 0. The molecule has 2 aromatic rings. The second kappa shape index (κ2) is 6.08. The van der Waals surface area contributed by atoms with Crippen LogP contribution in [0.1, 0.15) is 58.9 Å². The summed E-state index contributed by atoms with van der Waals surface area (Å²) in [5, 5.41) is 9.95. The number of aromatic nitrogens is 4. The number of nitrogens with zero attached hydrogens (tertiary/aromatic N) is 3. The average Bonchev–Trinajstić information content (AvgIpc) is 2.88. The Morgan fingerprint density at radius 2 is 2.04 bits per heavy atom. The summed E-state index contributed by atoms with van der Waals surface area (Å²) in [4.78, 5) is 21.1. The van der Waals surface area contributed by atoms with Crippen LogP contribution in [0.25, 0.3) is 0 Å². The van der Waals surface area contributed by atoms with Gasteiger partial charge in [0.15, 0.2) is 5.69 Å². The molecule has 23 heavy (non-hydrogen) atoms. The number of aromatic amines is 1. The second-order valence-corrected chi connectivity index (χ2v) is 6.01. The van der Waals surface area contributed by atoms with Gasteiger partial charge in [0.05, 0.1) is 24.4 Å². The molecule has 7 heteroatoms. The number of rotatable bonds is 3. The quantitative estimate of drug-likeness (QED) is 0.900. The van der Waals surface area contributed by atoms with E-state index in [4.69, 9.17) is 4.74 Å². The maximum Gasteiger partial charge on any atom is 0.272 e. The molecule has 3 heterocycles. The van der Waals surface area contributed by atoms with Gasteiger partial charge < -0.3 is 10.1 Å². The SMILES string of the molecule is Cc1cc(C)nc(CNC(=O)c2n[nH]c3c2C[C@@H](C)O[C@H]3C)n1. The molecule has 2 N–H and O–H groups in total. The highest BCUT2D eigenvalue weighted by Crippen LogP contribution is 2.29. The Morgan fingerprint density at radius 1 is 1.35 bits per heavy atom. The molecule has 0 unspecified atom stereocenters. The van der Waals surface area contributed by atoms with Crippen molar-refractivity contribution in [2.24, 2.45) is 0 Å². The predicted octanol–water partition coefficient (Wildman–Crippen LogP) is 1.77. The van der Waals surface area contributed by atoms with Crippen LogP contribution in [0.3, 0.4) is 0 Å². The fourth-order valence-electron chi connectivity index (χ4n) is 2.98. The van der Waals surface area contributed by atoms with Crippen LogP contribution in [0.15, 0.2) is 6.07 Å². The van der Waals surface area contributed by atoms with Gasteiger partial charge in [-0.1, -0.05) is 0 Å². The molecule has 122 valence electrons. The minimum Gasteiger partial charge on any atom is -0.369 e. The molecule has 3 rings (SSSR count). The number of hydrogen-bond donors (Lipinski definition) is 2. The Morgan fingerprint density at radius 3 is 2.74 bits per heavy atom. The second-order valence-electron chi connectivity index (χ2n) is 6.01. The molecule has 0 radical (unpaired) electrons. The van der Waals surface area contributed by atoms with Crippen LogP contribution >= 0.6 is 0 Å². The topological polar surface area (TPSA) is 92.8 Å². The first-order valence-electron chi connectivity index (χ1n) is 7.76. The molecule has 0 aliphatic carbocycles. The molecule has 7 nitrogen and oxygen atoms in total. The molecule has 1 aliphatic rings. The molecule has 1 amide bonds. The fraction of sp³-hybridized carbons (Fsp3) is 0.500. The van der Waals surface area contributed by atoms with Crippen LogP contribution in [0.4, 0.5) is 0 Å². The highest BCUT2D eigenvalue weighted by molar-refractivity contribution is 5.94. The van der Waals surface area contributed by atoms with Crippen LogP contribution in [0, 0.1) is 13.8 Å². The Balaban J connectivity index is 1.74. The van der Waals surface area contributed by atoms with Crippen molar-refractivity contribution in [3.05, 3.63) is 40.2 Å². The van der Waals surface area contributed by atoms with E-state index in [0.717, 1.165) is 22.6 Å². The van der Waals surface area contributed by atoms with E-state index >= 15 is 0 Å². The third-order valence-electron chi connectivity index (χ3n) is 3.88. The largest absolute Gasteiger partial charge is 0.369 e. The predicted molar refractivity (Wildman–Crippen MR) is 83.9 cm³/mol. The van der Waals surface area contributed by atoms with Gasteiger partial charge in [0, 0.05) is 23.4 Å². The van der Waals surface area contributed by atoms with Crippen LogP contribution < -0.4 is 5.32 Å². The van der Waals surface area contributed by atoms with E-state index in [1.165, 1.54) is 0 Å². The summed E-state index contributed by atoms with van der Waals surface area (Å²) >= 11 is 0. The average molecular weight is 315 g/mol. The molecule has 0 aromatic carbocycles. The molecule has 0 spiro atoms. The molecule has 0 bridgehead atoms. The number of carbonyl (C=O) groups is 1. The van der Waals surface area contributed by atoms with Crippen molar-refractivity contribution in [1.82, 2.24) is 25.5 Å². The molecule has 0 saturated carbocycles. The number of nitrogens with one attached hydrogen (secondary N) is 2. The van der Waals surface area contributed by atoms with E-state index in [0.29, 0.717) is 17.9 Å². The first-order valence-corrected chi connectivity index (χ1v) is 7.76. The number of ether oxygens (including phenoxy) is 1. The van der Waals surface area contributed by atoms with Gasteiger partial charge in [-0.3, -0.25) is 9.89 Å². The van der Waals surface area contributed by atoms with Crippen molar-refractivity contribution in [2.45, 2.75) is 52.9 Å². The Hall–Kier alpha value is -2.28. The minimum absolute atomic E-state index is 0.0735. The zero-order valence-corrected chi connectivity index (χ0v) is 13.8. The summed E-state index contributed by atoms with van der Waals surface area (Å²) in [6.07, 6.45) is 0.675. The Bertz CT molecular complexity index is 720. The maximum atomic E-state index is 12.4. The van der Waals surface area contributed by atoms with Gasteiger partial charge in [-0.15, -0.1) is 0 Å². The first kappa shape index (κ1) is 15.6. The van der Waals surface area contributed by atoms with E-state index in [1.807, 2.05) is 33.8 Å². The summed E-state index contributed by atoms with van der Waals surface area (Å²) < 4.78 is 5.74. The van der Waals surface area contributed by atoms with Crippen molar-refractivity contribution in [2.75, 3.05) is 0 Å². The van der Waals surface area contributed by atoms with E-state index < -0.39 is 0 Å². The minimum atomic E-state index is -0.216. The van der Waals surface area contributed by atoms with Crippen LogP contribution in [0.5, 0.6) is 0 Å². The van der Waals surface area contributed by atoms with E-state index in [1.54, 1.807) is 0 Å². The monoisotopic (exact) mass is 315 g/mol.